The normalized spacial score (nSPS) is 11.7. The van der Waals surface area contributed by atoms with E-state index in [4.69, 9.17) is 10.4 Å². The molecule has 1 heterocycles. The molecule has 0 aliphatic carbocycles. The number of carboxylic acid groups (broad SMARTS) is 1. The molecule has 1 aromatic carbocycles. The first-order valence-corrected chi connectivity index (χ1v) is 5.15. The summed E-state index contributed by atoms with van der Waals surface area (Å²) < 4.78 is 0. The number of carbonyl (C=O) groups excluding carboxylic acids is 1. The van der Waals surface area contributed by atoms with E-state index in [-0.39, 0.29) is 5.69 Å². The molecule has 0 bridgehead atoms. The van der Waals surface area contributed by atoms with E-state index in [9.17, 15) is 9.59 Å². The van der Waals surface area contributed by atoms with Gasteiger partial charge in [0.15, 0.2) is 5.92 Å². The van der Waals surface area contributed by atoms with Crippen LogP contribution in [0, 0.1) is 11.3 Å². The maximum absolute atomic E-state index is 11.5. The number of ketones is 1. The average Bonchev–Trinajstić information content (AvgIpc) is 2.39. The molecule has 0 fully saturated rings. The van der Waals surface area contributed by atoms with Gasteiger partial charge in [-0.3, -0.25) is 9.78 Å². The number of fused-ring (bicyclic) bond motifs is 1. The highest BCUT2D eigenvalue weighted by Gasteiger charge is 2.28. The molecule has 1 atom stereocenters. The van der Waals surface area contributed by atoms with Crippen LogP contribution in [0.1, 0.15) is 11.6 Å². The van der Waals surface area contributed by atoms with Crippen LogP contribution in [-0.4, -0.2) is 21.8 Å². The summed E-state index contributed by atoms with van der Waals surface area (Å²) in [5.41, 5.74) is 0.183. The fourth-order valence-corrected chi connectivity index (χ4v) is 1.74. The lowest BCUT2D eigenvalue weighted by Crippen LogP contribution is -2.21. The smallest absolute Gasteiger partial charge is 0.374 e. The minimum Gasteiger partial charge on any atom is -0.475 e. The number of hydrogen-bond acceptors (Lipinski definition) is 4. The van der Waals surface area contributed by atoms with Gasteiger partial charge in [-0.1, -0.05) is 24.3 Å². The number of carbonyl (C=O) groups is 2. The maximum atomic E-state index is 11.5. The number of nitriles is 1. The Bertz CT molecular complexity index is 668. The van der Waals surface area contributed by atoms with Crippen molar-refractivity contribution in [2.75, 3.05) is 0 Å². The average molecular weight is 240 g/mol. The summed E-state index contributed by atoms with van der Waals surface area (Å²) in [6.45, 7) is 0. The van der Waals surface area contributed by atoms with Gasteiger partial charge in [0, 0.05) is 11.6 Å². The van der Waals surface area contributed by atoms with Gasteiger partial charge in [-0.05, 0) is 11.5 Å². The first-order chi connectivity index (χ1) is 8.65. The zero-order valence-corrected chi connectivity index (χ0v) is 9.20. The third-order valence-corrected chi connectivity index (χ3v) is 2.58. The molecule has 0 spiro atoms. The molecule has 0 aliphatic rings. The molecule has 0 saturated heterocycles. The summed E-state index contributed by atoms with van der Waals surface area (Å²) in [6, 6.07) is 10.5. The van der Waals surface area contributed by atoms with Crippen LogP contribution >= 0.6 is 0 Å². The number of aliphatic carboxylic acids is 1. The van der Waals surface area contributed by atoms with E-state index in [0.29, 0.717) is 5.39 Å². The minimum absolute atomic E-state index is 0.183. The van der Waals surface area contributed by atoms with Gasteiger partial charge in [0.2, 0.25) is 0 Å². The Hall–Kier alpha value is -2.74. The molecule has 5 nitrogen and oxygen atoms in total. The Balaban J connectivity index is 2.63. The molecule has 5 heteroatoms. The minimum atomic E-state index is -1.63. The van der Waals surface area contributed by atoms with E-state index in [1.165, 1.54) is 6.20 Å². The predicted octanol–water partition coefficient (Wildman–Crippen LogP) is 1.50. The molecule has 2 aromatic rings. The van der Waals surface area contributed by atoms with Gasteiger partial charge in [0.05, 0.1) is 11.8 Å². The lowest BCUT2D eigenvalue weighted by atomic mass is 9.96. The summed E-state index contributed by atoms with van der Waals surface area (Å²) in [5.74, 6) is -4.17. The van der Waals surface area contributed by atoms with Gasteiger partial charge >= 0.3 is 5.97 Å². The Morgan fingerprint density at radius 1 is 1.28 bits per heavy atom. The number of benzene rings is 1. The molecule has 0 saturated carbocycles. The third kappa shape index (κ3) is 1.92. The molecule has 0 aliphatic heterocycles. The van der Waals surface area contributed by atoms with Crippen molar-refractivity contribution in [2.24, 2.45) is 0 Å². The van der Waals surface area contributed by atoms with Crippen LogP contribution in [-0.2, 0) is 9.59 Å². The van der Waals surface area contributed by atoms with E-state index in [2.05, 4.69) is 4.98 Å². The Labute approximate surface area is 102 Å². The third-order valence-electron chi connectivity index (χ3n) is 2.58. The highest BCUT2D eigenvalue weighted by Crippen LogP contribution is 2.23. The lowest BCUT2D eigenvalue weighted by Gasteiger charge is -2.08. The van der Waals surface area contributed by atoms with Crippen LogP contribution in [0.4, 0.5) is 0 Å². The molecule has 0 radical (unpaired) electrons. The fourth-order valence-electron chi connectivity index (χ4n) is 1.74. The number of nitrogens with zero attached hydrogens (tertiary/aromatic N) is 2. The van der Waals surface area contributed by atoms with Crippen molar-refractivity contribution < 1.29 is 14.7 Å². The molecule has 1 aromatic heterocycles. The molecular formula is C13H8N2O3. The van der Waals surface area contributed by atoms with Crippen molar-refractivity contribution in [3.05, 3.63) is 42.2 Å². The largest absolute Gasteiger partial charge is 0.475 e. The summed E-state index contributed by atoms with van der Waals surface area (Å²) in [5, 5.41) is 19.1. The number of aromatic nitrogens is 1. The number of rotatable bonds is 3. The zero-order valence-electron chi connectivity index (χ0n) is 9.20. The molecule has 1 N–H and O–H groups in total. The molecular weight excluding hydrogens is 232 g/mol. The van der Waals surface area contributed by atoms with Crippen LogP contribution in [0.15, 0.2) is 36.5 Å². The van der Waals surface area contributed by atoms with Crippen molar-refractivity contribution in [2.45, 2.75) is 5.92 Å². The molecule has 88 valence electrons. The molecule has 2 rings (SSSR count). The summed E-state index contributed by atoms with van der Waals surface area (Å²) >= 11 is 0. The first kappa shape index (κ1) is 11.7. The summed E-state index contributed by atoms with van der Waals surface area (Å²) in [4.78, 5) is 26.1. The quantitative estimate of drug-likeness (QED) is 0.821. The molecule has 0 amide bonds. The number of pyridine rings is 1. The van der Waals surface area contributed by atoms with Gasteiger partial charge < -0.3 is 5.11 Å². The maximum Gasteiger partial charge on any atom is 0.374 e. The van der Waals surface area contributed by atoms with E-state index < -0.39 is 17.7 Å². The van der Waals surface area contributed by atoms with Gasteiger partial charge in [-0.25, -0.2) is 4.79 Å². The SMILES string of the molecule is N#CC(C(=O)C(=O)O)c1nccc2ccccc12. The van der Waals surface area contributed by atoms with E-state index in [1.54, 1.807) is 30.3 Å². The van der Waals surface area contributed by atoms with Crippen LogP contribution in [0.2, 0.25) is 0 Å². The van der Waals surface area contributed by atoms with Crippen LogP contribution < -0.4 is 0 Å². The second-order valence-electron chi connectivity index (χ2n) is 3.65. The number of hydrogen-bond donors (Lipinski definition) is 1. The van der Waals surface area contributed by atoms with Gasteiger partial charge in [-0.15, -0.1) is 0 Å². The number of Topliss-reactive ketones (excluding diaryl/α,β-unsaturated/α-hetero) is 1. The van der Waals surface area contributed by atoms with Gasteiger partial charge in [0.25, 0.3) is 5.78 Å². The number of carboxylic acids is 1. The van der Waals surface area contributed by atoms with E-state index >= 15 is 0 Å². The van der Waals surface area contributed by atoms with Crippen molar-refractivity contribution >= 4 is 22.5 Å². The second-order valence-corrected chi connectivity index (χ2v) is 3.65. The summed E-state index contributed by atoms with van der Waals surface area (Å²) in [7, 11) is 0. The monoisotopic (exact) mass is 240 g/mol. The molecule has 18 heavy (non-hydrogen) atoms. The Kier molecular flexibility index (Phi) is 3.02. The zero-order chi connectivity index (χ0) is 13.1. The highest BCUT2D eigenvalue weighted by atomic mass is 16.4. The van der Waals surface area contributed by atoms with E-state index in [1.807, 2.05) is 6.07 Å². The standard InChI is InChI=1S/C13H8N2O3/c14-7-10(12(16)13(17)18)11-9-4-2-1-3-8(9)5-6-15-11/h1-6,10H,(H,17,18). The highest BCUT2D eigenvalue weighted by molar-refractivity contribution is 6.36. The Morgan fingerprint density at radius 2 is 2.00 bits per heavy atom. The van der Waals surface area contributed by atoms with Gasteiger partial charge in [-0.2, -0.15) is 5.26 Å². The van der Waals surface area contributed by atoms with Crippen molar-refractivity contribution in [3.63, 3.8) is 0 Å². The van der Waals surface area contributed by atoms with Crippen molar-refractivity contribution in [3.8, 4) is 6.07 Å². The molecule has 1 unspecified atom stereocenters. The van der Waals surface area contributed by atoms with Crippen LogP contribution in [0.5, 0.6) is 0 Å². The Morgan fingerprint density at radius 3 is 2.67 bits per heavy atom. The predicted molar refractivity (Wildman–Crippen MR) is 62.7 cm³/mol. The van der Waals surface area contributed by atoms with Crippen LogP contribution in [0.25, 0.3) is 10.8 Å². The van der Waals surface area contributed by atoms with Crippen molar-refractivity contribution in [1.82, 2.24) is 4.98 Å². The van der Waals surface area contributed by atoms with Crippen LogP contribution in [0.3, 0.4) is 0 Å². The topological polar surface area (TPSA) is 91.0 Å². The summed E-state index contributed by atoms with van der Waals surface area (Å²) in [6.07, 6.45) is 1.46. The van der Waals surface area contributed by atoms with Crippen molar-refractivity contribution in [1.29, 1.82) is 5.26 Å². The second kappa shape index (κ2) is 4.63. The lowest BCUT2D eigenvalue weighted by molar-refractivity contribution is -0.149. The first-order valence-electron chi connectivity index (χ1n) is 5.15. The van der Waals surface area contributed by atoms with E-state index in [0.717, 1.165) is 5.39 Å². The van der Waals surface area contributed by atoms with Gasteiger partial charge in [0.1, 0.15) is 0 Å². The fraction of sp³-hybridized carbons (Fsp3) is 0.0769.